The van der Waals surface area contributed by atoms with Gasteiger partial charge in [0.1, 0.15) is 10.6 Å². The lowest BCUT2D eigenvalue weighted by Gasteiger charge is -2.13. The molecule has 0 aliphatic carbocycles. The number of rotatable bonds is 8. The number of ether oxygens (including phenoxy) is 3. The van der Waals surface area contributed by atoms with Crippen molar-refractivity contribution in [2.24, 2.45) is 5.10 Å². The molecule has 0 aliphatic heterocycles. The van der Waals surface area contributed by atoms with Gasteiger partial charge in [0.25, 0.3) is 5.91 Å². The van der Waals surface area contributed by atoms with Gasteiger partial charge in [0.15, 0.2) is 17.6 Å². The molecule has 0 aliphatic rings. The van der Waals surface area contributed by atoms with Crippen molar-refractivity contribution in [2.75, 3.05) is 7.11 Å². The summed E-state index contributed by atoms with van der Waals surface area (Å²) in [6, 6.07) is 19.1. The molecule has 0 fully saturated rings. The van der Waals surface area contributed by atoms with Crippen LogP contribution in [0.2, 0.25) is 10.0 Å². The standard InChI is InChI=1S/C26H20Cl2N2O5S/c1-15(34-18-7-5-6-17(27)13-18)25(31)30-29-14-16-10-11-20(21(12-16)33-2)35-26(32)24-23(28)19-8-3-4-9-22(19)36-24/h3-15H,1-2H3,(H,30,31)/b29-14-/t15-/m0/s1. The summed E-state index contributed by atoms with van der Waals surface area (Å²) in [4.78, 5) is 25.4. The van der Waals surface area contributed by atoms with Crippen LogP contribution in [0.5, 0.6) is 17.2 Å². The van der Waals surface area contributed by atoms with Crippen LogP contribution >= 0.6 is 34.5 Å². The number of fused-ring (bicyclic) bond motifs is 1. The molecule has 0 bridgehead atoms. The molecule has 36 heavy (non-hydrogen) atoms. The molecule has 10 heteroatoms. The van der Waals surface area contributed by atoms with Crippen LogP contribution in [0.4, 0.5) is 0 Å². The third-order valence-electron chi connectivity index (χ3n) is 4.98. The van der Waals surface area contributed by atoms with E-state index in [1.807, 2.05) is 24.3 Å². The van der Waals surface area contributed by atoms with E-state index < -0.39 is 18.0 Å². The van der Waals surface area contributed by atoms with Gasteiger partial charge < -0.3 is 14.2 Å². The molecule has 1 aromatic heterocycles. The van der Waals surface area contributed by atoms with Crippen molar-refractivity contribution in [3.8, 4) is 17.2 Å². The lowest BCUT2D eigenvalue weighted by molar-refractivity contribution is -0.127. The summed E-state index contributed by atoms with van der Waals surface area (Å²) >= 11 is 13.6. The zero-order valence-corrected chi connectivity index (χ0v) is 21.5. The molecular weight excluding hydrogens is 523 g/mol. The molecule has 1 atom stereocenters. The van der Waals surface area contributed by atoms with E-state index in [-0.39, 0.29) is 5.75 Å². The number of nitrogens with one attached hydrogen (secondary N) is 1. The van der Waals surface area contributed by atoms with Crippen LogP contribution in [0, 0.1) is 0 Å². The predicted molar refractivity (Wildman–Crippen MR) is 142 cm³/mol. The Morgan fingerprint density at radius 3 is 2.58 bits per heavy atom. The average molecular weight is 543 g/mol. The number of thiophene rings is 1. The zero-order valence-electron chi connectivity index (χ0n) is 19.2. The van der Waals surface area contributed by atoms with Gasteiger partial charge in [-0.3, -0.25) is 4.79 Å². The van der Waals surface area contributed by atoms with Crippen LogP contribution in [0.25, 0.3) is 10.1 Å². The highest BCUT2D eigenvalue weighted by atomic mass is 35.5. The molecule has 0 spiro atoms. The van der Waals surface area contributed by atoms with Crippen LogP contribution in [-0.4, -0.2) is 31.3 Å². The van der Waals surface area contributed by atoms with Crippen molar-refractivity contribution in [1.82, 2.24) is 5.43 Å². The minimum Gasteiger partial charge on any atom is -0.493 e. The summed E-state index contributed by atoms with van der Waals surface area (Å²) in [7, 11) is 1.46. The summed E-state index contributed by atoms with van der Waals surface area (Å²) in [6.45, 7) is 1.60. The second-order valence-corrected chi connectivity index (χ2v) is 9.36. The maximum Gasteiger partial charge on any atom is 0.355 e. The van der Waals surface area contributed by atoms with Gasteiger partial charge in [-0.1, -0.05) is 47.5 Å². The quantitative estimate of drug-likeness (QED) is 0.121. The second kappa shape index (κ2) is 11.4. The van der Waals surface area contributed by atoms with Crippen molar-refractivity contribution < 1.29 is 23.8 Å². The number of carbonyl (C=O) groups excluding carboxylic acids is 2. The van der Waals surface area contributed by atoms with E-state index >= 15 is 0 Å². The normalized spacial score (nSPS) is 11.9. The maximum absolute atomic E-state index is 12.8. The summed E-state index contributed by atoms with van der Waals surface area (Å²) in [5.74, 6) is -0.0129. The lowest BCUT2D eigenvalue weighted by atomic mass is 10.2. The summed E-state index contributed by atoms with van der Waals surface area (Å²) in [6.07, 6.45) is 0.638. The fourth-order valence-electron chi connectivity index (χ4n) is 3.20. The van der Waals surface area contributed by atoms with Gasteiger partial charge >= 0.3 is 5.97 Å². The highest BCUT2D eigenvalue weighted by Gasteiger charge is 2.20. The first-order valence-corrected chi connectivity index (χ1v) is 12.3. The van der Waals surface area contributed by atoms with E-state index in [0.717, 1.165) is 10.1 Å². The number of halogens is 2. The number of benzene rings is 3. The third-order valence-corrected chi connectivity index (χ3v) is 6.87. The minimum absolute atomic E-state index is 0.223. The van der Waals surface area contributed by atoms with Gasteiger partial charge in [-0.05, 0) is 55.0 Å². The average Bonchev–Trinajstić information content (AvgIpc) is 3.21. The first kappa shape index (κ1) is 25.5. The van der Waals surface area contributed by atoms with Gasteiger partial charge in [-0.2, -0.15) is 5.10 Å². The molecule has 4 aromatic rings. The third kappa shape index (κ3) is 5.96. The van der Waals surface area contributed by atoms with Gasteiger partial charge in [-0.25, -0.2) is 10.2 Å². The highest BCUT2D eigenvalue weighted by Crippen LogP contribution is 2.37. The Morgan fingerprint density at radius 2 is 1.83 bits per heavy atom. The van der Waals surface area contributed by atoms with E-state index in [4.69, 9.17) is 37.4 Å². The number of nitrogens with zero attached hydrogens (tertiary/aromatic N) is 1. The number of hydrazone groups is 1. The Morgan fingerprint density at radius 1 is 1.03 bits per heavy atom. The molecular formula is C26H20Cl2N2O5S. The van der Waals surface area contributed by atoms with Crippen LogP contribution in [0.15, 0.2) is 71.8 Å². The van der Waals surface area contributed by atoms with Crippen LogP contribution < -0.4 is 19.6 Å². The van der Waals surface area contributed by atoms with E-state index in [9.17, 15) is 9.59 Å². The lowest BCUT2D eigenvalue weighted by Crippen LogP contribution is -2.33. The first-order valence-electron chi connectivity index (χ1n) is 10.7. The summed E-state index contributed by atoms with van der Waals surface area (Å²) in [5.41, 5.74) is 3.03. The van der Waals surface area contributed by atoms with Crippen molar-refractivity contribution in [1.29, 1.82) is 0 Å². The molecule has 3 aromatic carbocycles. The molecule has 0 saturated carbocycles. The SMILES string of the molecule is COc1cc(/C=N\NC(=O)[C@H](C)Oc2cccc(Cl)c2)ccc1OC(=O)c1sc2ccccc2c1Cl. The van der Waals surface area contributed by atoms with Crippen molar-refractivity contribution >= 4 is 62.7 Å². The topological polar surface area (TPSA) is 86.2 Å². The number of carbonyl (C=O) groups is 2. The number of esters is 1. The van der Waals surface area contributed by atoms with E-state index in [1.54, 1.807) is 49.4 Å². The Labute approximate surface area is 221 Å². The van der Waals surface area contributed by atoms with Crippen molar-refractivity contribution in [3.63, 3.8) is 0 Å². The Balaban J connectivity index is 1.39. The first-order chi connectivity index (χ1) is 17.4. The maximum atomic E-state index is 12.8. The Kier molecular flexibility index (Phi) is 8.10. The largest absolute Gasteiger partial charge is 0.493 e. The highest BCUT2D eigenvalue weighted by molar-refractivity contribution is 7.21. The van der Waals surface area contributed by atoms with Gasteiger partial charge in [0, 0.05) is 15.1 Å². The smallest absolute Gasteiger partial charge is 0.355 e. The van der Waals surface area contributed by atoms with E-state index in [0.29, 0.717) is 32.0 Å². The molecule has 4 rings (SSSR count). The van der Waals surface area contributed by atoms with Crippen LogP contribution in [0.1, 0.15) is 22.2 Å². The number of methoxy groups -OCH3 is 1. The minimum atomic E-state index is -0.794. The molecule has 1 N–H and O–H groups in total. The monoisotopic (exact) mass is 542 g/mol. The molecule has 7 nitrogen and oxygen atoms in total. The zero-order chi connectivity index (χ0) is 25.7. The number of hydrogen-bond acceptors (Lipinski definition) is 7. The Bertz CT molecular complexity index is 1450. The summed E-state index contributed by atoms with van der Waals surface area (Å²) in [5, 5.41) is 5.62. The predicted octanol–water partition coefficient (Wildman–Crippen LogP) is 6.35. The van der Waals surface area contributed by atoms with Crippen LogP contribution in [0.3, 0.4) is 0 Å². The molecule has 0 unspecified atom stereocenters. The Hall–Kier alpha value is -3.59. The molecule has 1 heterocycles. The second-order valence-electron chi connectivity index (χ2n) is 7.49. The number of amides is 1. The fourth-order valence-corrected chi connectivity index (χ4v) is 4.76. The van der Waals surface area contributed by atoms with Crippen LogP contribution in [-0.2, 0) is 4.79 Å². The fraction of sp³-hybridized carbons (Fsp3) is 0.115. The molecule has 1 amide bonds. The molecule has 0 radical (unpaired) electrons. The summed E-state index contributed by atoms with van der Waals surface area (Å²) < 4.78 is 17.4. The van der Waals surface area contributed by atoms with E-state index in [1.165, 1.54) is 24.7 Å². The van der Waals surface area contributed by atoms with E-state index in [2.05, 4.69) is 10.5 Å². The number of hydrogen-bond donors (Lipinski definition) is 1. The van der Waals surface area contributed by atoms with Crippen molar-refractivity contribution in [3.05, 3.63) is 87.2 Å². The molecule has 0 saturated heterocycles. The van der Waals surface area contributed by atoms with Gasteiger partial charge in [0.05, 0.1) is 18.3 Å². The van der Waals surface area contributed by atoms with Gasteiger partial charge in [-0.15, -0.1) is 11.3 Å². The van der Waals surface area contributed by atoms with Crippen molar-refractivity contribution in [2.45, 2.75) is 13.0 Å². The van der Waals surface area contributed by atoms with Gasteiger partial charge in [0.2, 0.25) is 0 Å². The molecule has 184 valence electrons.